The van der Waals surface area contributed by atoms with Gasteiger partial charge in [0.2, 0.25) is 0 Å². The summed E-state index contributed by atoms with van der Waals surface area (Å²) in [6.07, 6.45) is 5.89. The van der Waals surface area contributed by atoms with E-state index in [0.717, 1.165) is 18.3 Å². The molecule has 0 saturated heterocycles. The first-order valence-electron chi connectivity index (χ1n) is 4.82. The van der Waals surface area contributed by atoms with E-state index in [0.29, 0.717) is 11.7 Å². The number of carbonyl (C=O) groups excluding carboxylic acids is 1. The molecule has 1 nitrogen and oxygen atoms in total. The average molecular weight is 152 g/mol. The molecule has 0 aromatic rings. The Kier molecular flexibility index (Phi) is 1.74. The maximum Gasteiger partial charge on any atom is 0.136 e. The number of hydrogen-bond donors (Lipinski definition) is 0. The second kappa shape index (κ2) is 2.62. The minimum Gasteiger partial charge on any atom is -0.299 e. The molecular weight excluding hydrogens is 136 g/mol. The van der Waals surface area contributed by atoms with Crippen LogP contribution in [-0.2, 0) is 4.79 Å². The first-order valence-corrected chi connectivity index (χ1v) is 4.82. The Morgan fingerprint density at radius 1 is 1.27 bits per heavy atom. The normalized spacial score (nSPS) is 44.1. The maximum atomic E-state index is 11.4. The van der Waals surface area contributed by atoms with Crippen LogP contribution >= 0.6 is 0 Å². The fourth-order valence-corrected chi connectivity index (χ4v) is 2.86. The zero-order valence-electron chi connectivity index (χ0n) is 7.18. The molecule has 0 aromatic carbocycles. The van der Waals surface area contributed by atoms with Crippen LogP contribution in [0.1, 0.15) is 39.0 Å². The highest BCUT2D eigenvalue weighted by Gasteiger charge is 2.39. The Bertz CT molecular complexity index is 174. The molecule has 0 amide bonds. The summed E-state index contributed by atoms with van der Waals surface area (Å²) in [5.41, 5.74) is 0. The summed E-state index contributed by atoms with van der Waals surface area (Å²) in [4.78, 5) is 11.4. The minimum absolute atomic E-state index is 0.471. The monoisotopic (exact) mass is 152 g/mol. The van der Waals surface area contributed by atoms with Crippen LogP contribution < -0.4 is 0 Å². The molecule has 0 N–H and O–H groups in total. The van der Waals surface area contributed by atoms with E-state index >= 15 is 0 Å². The van der Waals surface area contributed by atoms with Gasteiger partial charge in [-0.2, -0.15) is 0 Å². The first kappa shape index (κ1) is 7.33. The third kappa shape index (κ3) is 1.11. The molecule has 0 spiro atoms. The quantitative estimate of drug-likeness (QED) is 0.521. The number of fused-ring (bicyclic) bond motifs is 1. The summed E-state index contributed by atoms with van der Waals surface area (Å²) in [7, 11) is 0. The molecule has 2 aliphatic rings. The zero-order valence-corrected chi connectivity index (χ0v) is 7.18. The van der Waals surface area contributed by atoms with Crippen molar-refractivity contribution >= 4 is 5.78 Å². The molecule has 3 atom stereocenters. The minimum atomic E-state index is 0.471. The average Bonchev–Trinajstić information content (AvgIpc) is 2.35. The smallest absolute Gasteiger partial charge is 0.136 e. The predicted molar refractivity (Wildman–Crippen MR) is 44.2 cm³/mol. The van der Waals surface area contributed by atoms with E-state index in [1.807, 2.05) is 0 Å². The summed E-state index contributed by atoms with van der Waals surface area (Å²) in [6.45, 7) is 2.31. The number of carbonyl (C=O) groups is 1. The Hall–Kier alpha value is -0.330. The highest BCUT2D eigenvalue weighted by molar-refractivity contribution is 5.83. The van der Waals surface area contributed by atoms with Crippen LogP contribution in [0, 0.1) is 17.8 Å². The molecule has 11 heavy (non-hydrogen) atoms. The summed E-state index contributed by atoms with van der Waals surface area (Å²) < 4.78 is 0. The molecule has 0 aliphatic heterocycles. The lowest BCUT2D eigenvalue weighted by Gasteiger charge is -2.30. The molecule has 1 heteroatoms. The topological polar surface area (TPSA) is 17.1 Å². The number of rotatable bonds is 0. The molecule has 2 fully saturated rings. The lowest BCUT2D eigenvalue weighted by molar-refractivity contribution is -0.122. The van der Waals surface area contributed by atoms with Crippen molar-refractivity contribution in [2.75, 3.05) is 0 Å². The summed E-state index contributed by atoms with van der Waals surface area (Å²) in [5, 5.41) is 0. The van der Waals surface area contributed by atoms with Crippen LogP contribution in [0.15, 0.2) is 0 Å². The molecule has 62 valence electrons. The maximum absolute atomic E-state index is 11.4. The van der Waals surface area contributed by atoms with E-state index in [2.05, 4.69) is 6.92 Å². The molecule has 2 rings (SSSR count). The standard InChI is InChI=1S/C10H16O/c1-7-3-2-4-9-8(7)5-6-10(9)11/h7-9H,2-6H2,1H3/t7-,8+,9?/m0/s1. The van der Waals surface area contributed by atoms with Gasteiger partial charge < -0.3 is 0 Å². The van der Waals surface area contributed by atoms with Crippen molar-refractivity contribution in [3.63, 3.8) is 0 Å². The first-order chi connectivity index (χ1) is 5.29. The summed E-state index contributed by atoms with van der Waals surface area (Å²) >= 11 is 0. The van der Waals surface area contributed by atoms with Gasteiger partial charge in [-0.25, -0.2) is 0 Å². The van der Waals surface area contributed by atoms with Crippen molar-refractivity contribution in [2.24, 2.45) is 17.8 Å². The SMILES string of the molecule is C[C@H]1CCCC2C(=O)CC[C@@H]21. The van der Waals surface area contributed by atoms with Crippen LogP contribution in [0.4, 0.5) is 0 Å². The van der Waals surface area contributed by atoms with Gasteiger partial charge in [-0.15, -0.1) is 0 Å². The number of Topliss-reactive ketones (excluding diaryl/α,β-unsaturated/α-hetero) is 1. The van der Waals surface area contributed by atoms with Gasteiger partial charge in [0.1, 0.15) is 5.78 Å². The molecule has 2 saturated carbocycles. The van der Waals surface area contributed by atoms with Gasteiger partial charge in [0.05, 0.1) is 0 Å². The second-order valence-corrected chi connectivity index (χ2v) is 4.18. The Balaban J connectivity index is 2.12. The molecule has 1 unspecified atom stereocenters. The third-order valence-electron chi connectivity index (χ3n) is 3.56. The fraction of sp³-hybridized carbons (Fsp3) is 0.900. The van der Waals surface area contributed by atoms with Crippen LogP contribution in [0.2, 0.25) is 0 Å². The van der Waals surface area contributed by atoms with Gasteiger partial charge in [0, 0.05) is 12.3 Å². The Morgan fingerprint density at radius 3 is 2.82 bits per heavy atom. The van der Waals surface area contributed by atoms with Gasteiger partial charge in [0.15, 0.2) is 0 Å². The molecule has 0 aromatic heterocycles. The predicted octanol–water partition coefficient (Wildman–Crippen LogP) is 2.40. The molecule has 2 aliphatic carbocycles. The van der Waals surface area contributed by atoms with E-state index in [-0.39, 0.29) is 0 Å². The van der Waals surface area contributed by atoms with Crippen molar-refractivity contribution < 1.29 is 4.79 Å². The lowest BCUT2D eigenvalue weighted by Crippen LogP contribution is -2.25. The van der Waals surface area contributed by atoms with Crippen molar-refractivity contribution in [3.8, 4) is 0 Å². The van der Waals surface area contributed by atoms with Crippen molar-refractivity contribution in [3.05, 3.63) is 0 Å². The van der Waals surface area contributed by atoms with Crippen molar-refractivity contribution in [1.82, 2.24) is 0 Å². The zero-order chi connectivity index (χ0) is 7.84. The molecule has 0 bridgehead atoms. The van der Waals surface area contributed by atoms with E-state index in [1.54, 1.807) is 0 Å². The van der Waals surface area contributed by atoms with Gasteiger partial charge >= 0.3 is 0 Å². The van der Waals surface area contributed by atoms with Gasteiger partial charge in [0.25, 0.3) is 0 Å². The highest BCUT2D eigenvalue weighted by Crippen LogP contribution is 2.43. The summed E-state index contributed by atoms with van der Waals surface area (Å²) in [5.74, 6) is 2.61. The summed E-state index contributed by atoms with van der Waals surface area (Å²) in [6, 6.07) is 0. The molecular formula is C10H16O. The van der Waals surface area contributed by atoms with Gasteiger partial charge in [-0.05, 0) is 24.7 Å². The second-order valence-electron chi connectivity index (χ2n) is 4.18. The third-order valence-corrected chi connectivity index (χ3v) is 3.56. The Labute approximate surface area is 68.2 Å². The van der Waals surface area contributed by atoms with Gasteiger partial charge in [-0.3, -0.25) is 4.79 Å². The molecule has 0 radical (unpaired) electrons. The Morgan fingerprint density at radius 2 is 2.09 bits per heavy atom. The van der Waals surface area contributed by atoms with E-state index in [1.165, 1.54) is 25.7 Å². The van der Waals surface area contributed by atoms with Crippen molar-refractivity contribution in [2.45, 2.75) is 39.0 Å². The van der Waals surface area contributed by atoms with Crippen LogP contribution in [0.25, 0.3) is 0 Å². The lowest BCUT2D eigenvalue weighted by atomic mass is 9.75. The number of ketones is 1. The van der Waals surface area contributed by atoms with E-state index in [9.17, 15) is 4.79 Å². The number of hydrogen-bond acceptors (Lipinski definition) is 1. The fourth-order valence-electron chi connectivity index (χ4n) is 2.86. The largest absolute Gasteiger partial charge is 0.299 e. The van der Waals surface area contributed by atoms with Crippen LogP contribution in [0.5, 0.6) is 0 Å². The van der Waals surface area contributed by atoms with E-state index in [4.69, 9.17) is 0 Å². The van der Waals surface area contributed by atoms with Gasteiger partial charge in [-0.1, -0.05) is 19.8 Å². The molecule has 0 heterocycles. The van der Waals surface area contributed by atoms with Crippen LogP contribution in [-0.4, -0.2) is 5.78 Å². The van der Waals surface area contributed by atoms with Crippen LogP contribution in [0.3, 0.4) is 0 Å². The van der Waals surface area contributed by atoms with E-state index < -0.39 is 0 Å². The van der Waals surface area contributed by atoms with Crippen molar-refractivity contribution in [1.29, 1.82) is 0 Å². The highest BCUT2D eigenvalue weighted by atomic mass is 16.1.